The summed E-state index contributed by atoms with van der Waals surface area (Å²) in [6.07, 6.45) is 3.69. The molecule has 4 rings (SSSR count). The van der Waals surface area contributed by atoms with Crippen LogP contribution in [-0.4, -0.2) is 54.8 Å². The van der Waals surface area contributed by atoms with Crippen LogP contribution in [0.2, 0.25) is 0 Å². The zero-order valence-electron chi connectivity index (χ0n) is 17.4. The van der Waals surface area contributed by atoms with Crippen LogP contribution >= 0.6 is 0 Å². The molecule has 0 saturated carbocycles. The Labute approximate surface area is 171 Å². The number of rotatable bonds is 7. The monoisotopic (exact) mass is 399 g/mol. The Balaban J connectivity index is 1.55. The zero-order valence-corrected chi connectivity index (χ0v) is 17.4. The third kappa shape index (κ3) is 4.40. The van der Waals surface area contributed by atoms with E-state index in [0.29, 0.717) is 24.7 Å². The molecule has 0 saturated heterocycles. The van der Waals surface area contributed by atoms with Gasteiger partial charge in [0.05, 0.1) is 0 Å². The van der Waals surface area contributed by atoms with Gasteiger partial charge < -0.3 is 23.8 Å². The molecule has 1 aromatic heterocycles. The van der Waals surface area contributed by atoms with Gasteiger partial charge in [0.1, 0.15) is 5.76 Å². The van der Waals surface area contributed by atoms with Crippen molar-refractivity contribution in [1.29, 1.82) is 0 Å². The van der Waals surface area contributed by atoms with E-state index in [2.05, 4.69) is 17.0 Å². The van der Waals surface area contributed by atoms with Gasteiger partial charge in [-0.1, -0.05) is 18.1 Å². The molecule has 156 valence electrons. The molecule has 0 fully saturated rings. The minimum absolute atomic E-state index is 0.0551. The fraction of sp³-hybridized carbons (Fsp3) is 0.545. The Morgan fingerprint density at radius 1 is 1.21 bits per heavy atom. The van der Waals surface area contributed by atoms with Crippen molar-refractivity contribution in [2.45, 2.75) is 39.2 Å². The second-order valence-corrected chi connectivity index (χ2v) is 8.35. The lowest BCUT2D eigenvalue weighted by atomic mass is 9.88. The van der Waals surface area contributed by atoms with Crippen LogP contribution in [0.3, 0.4) is 0 Å². The normalized spacial score (nSPS) is 17.4. The quantitative estimate of drug-likeness (QED) is 0.713. The van der Waals surface area contributed by atoms with E-state index < -0.39 is 0 Å². The first-order valence-electron chi connectivity index (χ1n) is 10.3. The van der Waals surface area contributed by atoms with E-state index in [1.54, 1.807) is 0 Å². The Bertz CT molecular complexity index is 877. The number of fused-ring (bicyclic) bond motifs is 2. The van der Waals surface area contributed by atoms with Gasteiger partial charge in [-0.3, -0.25) is 4.79 Å². The first-order valence-corrected chi connectivity index (χ1v) is 10.3. The van der Waals surface area contributed by atoms with Gasteiger partial charge in [-0.25, -0.2) is 0 Å². The van der Waals surface area contributed by atoms with Crippen LogP contribution < -0.4 is 9.47 Å². The number of hydrogen-bond acceptors (Lipinski definition) is 6. The highest BCUT2D eigenvalue weighted by Gasteiger charge is 2.29. The number of ether oxygens (including phenoxy) is 2. The molecule has 1 amide bonds. The Hall–Kier alpha value is -2.54. The molecule has 0 spiro atoms. The van der Waals surface area contributed by atoms with Crippen LogP contribution in [0, 0.1) is 5.92 Å². The Kier molecular flexibility index (Phi) is 5.76. The maximum atomic E-state index is 13.4. The zero-order chi connectivity index (χ0) is 20.4. The van der Waals surface area contributed by atoms with E-state index in [9.17, 15) is 4.79 Å². The molecule has 1 aliphatic carbocycles. The van der Waals surface area contributed by atoms with Gasteiger partial charge in [0, 0.05) is 25.1 Å². The molecule has 2 aliphatic rings. The molecule has 1 unspecified atom stereocenters. The predicted molar refractivity (Wildman–Crippen MR) is 108 cm³/mol. The van der Waals surface area contributed by atoms with Crippen molar-refractivity contribution in [2.24, 2.45) is 5.92 Å². The number of aromatic nitrogens is 1. The second kappa shape index (κ2) is 8.45. The van der Waals surface area contributed by atoms with Crippen molar-refractivity contribution in [3.8, 4) is 11.5 Å². The molecule has 0 bridgehead atoms. The van der Waals surface area contributed by atoms with Crippen molar-refractivity contribution in [3.05, 3.63) is 40.8 Å². The number of carbonyl (C=O) groups excluding carboxylic acids is 1. The molecule has 2 heterocycles. The average Bonchev–Trinajstić information content (AvgIpc) is 3.32. The second-order valence-electron chi connectivity index (χ2n) is 8.35. The maximum Gasteiger partial charge on any atom is 0.276 e. The van der Waals surface area contributed by atoms with Crippen molar-refractivity contribution in [3.63, 3.8) is 0 Å². The van der Waals surface area contributed by atoms with Crippen LogP contribution in [0.15, 0.2) is 22.7 Å². The smallest absolute Gasteiger partial charge is 0.276 e. The van der Waals surface area contributed by atoms with E-state index in [1.807, 2.05) is 37.2 Å². The summed E-state index contributed by atoms with van der Waals surface area (Å²) in [6.45, 7) is 4.53. The molecule has 0 N–H and O–H groups in total. The van der Waals surface area contributed by atoms with E-state index in [4.69, 9.17) is 14.0 Å². The average molecular weight is 399 g/mol. The van der Waals surface area contributed by atoms with Gasteiger partial charge in [0.15, 0.2) is 17.2 Å². The van der Waals surface area contributed by atoms with Crippen molar-refractivity contribution < 1.29 is 18.8 Å². The highest BCUT2D eigenvalue weighted by molar-refractivity contribution is 5.94. The van der Waals surface area contributed by atoms with Gasteiger partial charge >= 0.3 is 0 Å². The van der Waals surface area contributed by atoms with Crippen LogP contribution in [0.25, 0.3) is 0 Å². The first-order chi connectivity index (χ1) is 14.0. The number of amides is 1. The van der Waals surface area contributed by atoms with Gasteiger partial charge in [0.2, 0.25) is 6.79 Å². The SMILES string of the molecule is CC1CCc2onc(C(=O)N(CCCN(C)C)Cc3ccc4c(c3)OCO4)c2C1. The summed E-state index contributed by atoms with van der Waals surface area (Å²) in [5, 5.41) is 4.17. The Morgan fingerprint density at radius 3 is 2.86 bits per heavy atom. The summed E-state index contributed by atoms with van der Waals surface area (Å²) in [5.74, 6) is 2.85. The van der Waals surface area contributed by atoms with Crippen molar-refractivity contribution in [1.82, 2.24) is 15.0 Å². The van der Waals surface area contributed by atoms with Gasteiger partial charge in [-0.05, 0) is 63.5 Å². The van der Waals surface area contributed by atoms with Crippen LogP contribution in [0.5, 0.6) is 11.5 Å². The molecular formula is C22H29N3O4. The third-order valence-corrected chi connectivity index (χ3v) is 5.62. The standard InChI is InChI=1S/C22H29N3O4/c1-15-5-7-18-17(11-15)21(23-29-18)22(26)25(10-4-9-24(2)3)13-16-6-8-19-20(12-16)28-14-27-19/h6,8,12,15H,4-5,7,9-11,13-14H2,1-3H3. The topological polar surface area (TPSA) is 68.0 Å². The summed E-state index contributed by atoms with van der Waals surface area (Å²) < 4.78 is 16.4. The first kappa shape index (κ1) is 19.8. The lowest BCUT2D eigenvalue weighted by molar-refractivity contribution is 0.0725. The number of carbonyl (C=O) groups is 1. The van der Waals surface area contributed by atoms with E-state index in [1.165, 1.54) is 0 Å². The summed E-state index contributed by atoms with van der Waals surface area (Å²) >= 11 is 0. The van der Waals surface area contributed by atoms with Crippen LogP contribution in [0.1, 0.15) is 47.1 Å². The molecular weight excluding hydrogens is 370 g/mol. The van der Waals surface area contributed by atoms with Gasteiger partial charge in [-0.15, -0.1) is 0 Å². The van der Waals surface area contributed by atoms with E-state index in [0.717, 1.165) is 60.6 Å². The molecule has 0 radical (unpaired) electrons. The summed E-state index contributed by atoms with van der Waals surface area (Å²) in [4.78, 5) is 17.4. The number of hydrogen-bond donors (Lipinski definition) is 0. The molecule has 1 aliphatic heterocycles. The summed E-state index contributed by atoms with van der Waals surface area (Å²) in [6, 6.07) is 5.84. The largest absolute Gasteiger partial charge is 0.454 e. The van der Waals surface area contributed by atoms with E-state index in [-0.39, 0.29) is 12.7 Å². The van der Waals surface area contributed by atoms with Gasteiger partial charge in [-0.2, -0.15) is 0 Å². The number of aryl methyl sites for hydroxylation is 1. The van der Waals surface area contributed by atoms with Gasteiger partial charge in [0.25, 0.3) is 5.91 Å². The Morgan fingerprint density at radius 2 is 2.03 bits per heavy atom. The van der Waals surface area contributed by atoms with Crippen LogP contribution in [-0.2, 0) is 19.4 Å². The minimum Gasteiger partial charge on any atom is -0.454 e. The highest BCUT2D eigenvalue weighted by atomic mass is 16.7. The highest BCUT2D eigenvalue weighted by Crippen LogP contribution is 2.33. The fourth-order valence-corrected chi connectivity index (χ4v) is 3.99. The lowest BCUT2D eigenvalue weighted by Gasteiger charge is -2.24. The molecule has 29 heavy (non-hydrogen) atoms. The fourth-order valence-electron chi connectivity index (χ4n) is 3.99. The van der Waals surface area contributed by atoms with Crippen molar-refractivity contribution >= 4 is 5.91 Å². The summed E-state index contributed by atoms with van der Waals surface area (Å²) in [5.41, 5.74) is 2.49. The minimum atomic E-state index is -0.0551. The molecule has 1 aromatic carbocycles. The predicted octanol–water partition coefficient (Wildman–Crippen LogP) is 3.12. The van der Waals surface area contributed by atoms with E-state index >= 15 is 0 Å². The van der Waals surface area contributed by atoms with Crippen molar-refractivity contribution in [2.75, 3.05) is 34.0 Å². The molecule has 7 heteroatoms. The molecule has 7 nitrogen and oxygen atoms in total. The summed E-state index contributed by atoms with van der Waals surface area (Å²) in [7, 11) is 4.08. The molecule has 2 aromatic rings. The number of benzene rings is 1. The molecule has 1 atom stereocenters. The lowest BCUT2D eigenvalue weighted by Crippen LogP contribution is -2.34. The third-order valence-electron chi connectivity index (χ3n) is 5.62. The van der Waals surface area contributed by atoms with Crippen LogP contribution in [0.4, 0.5) is 0 Å². The number of nitrogens with zero attached hydrogens (tertiary/aromatic N) is 3. The maximum absolute atomic E-state index is 13.4.